The molecule has 0 bridgehead atoms. The molecule has 2 saturated heterocycles. The highest BCUT2D eigenvalue weighted by Gasteiger charge is 2.32. The third kappa shape index (κ3) is 6.30. The van der Waals surface area contributed by atoms with E-state index in [4.69, 9.17) is 4.74 Å². The summed E-state index contributed by atoms with van der Waals surface area (Å²) in [4.78, 5) is 7.67. The number of aliphatic hydroxyl groups is 1. The van der Waals surface area contributed by atoms with Crippen molar-refractivity contribution in [2.45, 2.75) is 44.5 Å². The number of aliphatic hydroxyl groups excluding tert-OH is 1. The van der Waals surface area contributed by atoms with E-state index < -0.39 is 0 Å². The summed E-state index contributed by atoms with van der Waals surface area (Å²) in [6.45, 7) is 7.46. The molecular formula is C26H37N3O2. The van der Waals surface area contributed by atoms with E-state index in [1.165, 1.54) is 37.1 Å². The second kappa shape index (κ2) is 11.1. The zero-order valence-electron chi connectivity index (χ0n) is 18.8. The minimum atomic E-state index is 0.273. The summed E-state index contributed by atoms with van der Waals surface area (Å²) in [7, 11) is 2.22. The van der Waals surface area contributed by atoms with Gasteiger partial charge in [0.15, 0.2) is 0 Å². The number of benzene rings is 2. The third-order valence-electron chi connectivity index (χ3n) is 6.81. The lowest BCUT2D eigenvalue weighted by molar-refractivity contribution is 0.00599. The van der Waals surface area contributed by atoms with E-state index in [2.05, 4.69) is 58.1 Å². The molecule has 2 heterocycles. The van der Waals surface area contributed by atoms with Gasteiger partial charge in [0, 0.05) is 44.9 Å². The summed E-state index contributed by atoms with van der Waals surface area (Å²) >= 11 is 0. The average Bonchev–Trinajstić information content (AvgIpc) is 2.81. The van der Waals surface area contributed by atoms with Crippen LogP contribution in [0.3, 0.4) is 0 Å². The van der Waals surface area contributed by atoms with Crippen molar-refractivity contribution in [3.63, 3.8) is 0 Å². The number of rotatable bonds is 8. The fraction of sp³-hybridized carbons (Fsp3) is 0.538. The van der Waals surface area contributed by atoms with Crippen LogP contribution in [0.1, 0.15) is 30.4 Å². The molecule has 2 aromatic carbocycles. The molecule has 1 atom stereocenters. The van der Waals surface area contributed by atoms with Crippen LogP contribution in [0.25, 0.3) is 0 Å². The van der Waals surface area contributed by atoms with E-state index in [1.54, 1.807) is 0 Å². The summed E-state index contributed by atoms with van der Waals surface area (Å²) in [5.41, 5.74) is 2.51. The maximum absolute atomic E-state index is 9.65. The Kier molecular flexibility index (Phi) is 7.97. The molecule has 2 aliphatic heterocycles. The predicted octanol–water partition coefficient (Wildman–Crippen LogP) is 3.23. The van der Waals surface area contributed by atoms with Gasteiger partial charge in [-0.3, -0.25) is 9.80 Å². The van der Waals surface area contributed by atoms with E-state index in [0.717, 1.165) is 38.3 Å². The maximum Gasteiger partial charge on any atom is 0.119 e. The molecule has 0 aromatic heterocycles. The smallest absolute Gasteiger partial charge is 0.119 e. The lowest BCUT2D eigenvalue weighted by Gasteiger charge is -2.47. The van der Waals surface area contributed by atoms with Crippen molar-refractivity contribution in [2.24, 2.45) is 0 Å². The minimum absolute atomic E-state index is 0.273. The zero-order valence-corrected chi connectivity index (χ0v) is 18.8. The zero-order chi connectivity index (χ0) is 21.5. The fourth-order valence-corrected chi connectivity index (χ4v) is 4.98. The van der Waals surface area contributed by atoms with Crippen molar-refractivity contribution >= 4 is 0 Å². The minimum Gasteiger partial charge on any atom is -0.489 e. The summed E-state index contributed by atoms with van der Waals surface area (Å²) in [5, 5.41) is 9.65. The predicted molar refractivity (Wildman–Crippen MR) is 125 cm³/mol. The highest BCUT2D eigenvalue weighted by atomic mass is 16.5. The van der Waals surface area contributed by atoms with Gasteiger partial charge >= 0.3 is 0 Å². The Morgan fingerprint density at radius 3 is 2.35 bits per heavy atom. The Bertz CT molecular complexity index is 775. The Labute approximate surface area is 187 Å². The highest BCUT2D eigenvalue weighted by molar-refractivity contribution is 5.28. The molecule has 0 saturated carbocycles. The number of likely N-dealkylation sites (tertiary alicyclic amines) is 1. The molecule has 0 aliphatic carbocycles. The van der Waals surface area contributed by atoms with Crippen LogP contribution in [-0.4, -0.2) is 78.3 Å². The summed E-state index contributed by atoms with van der Waals surface area (Å²) < 4.78 is 5.92. The van der Waals surface area contributed by atoms with Crippen LogP contribution >= 0.6 is 0 Å². The lowest BCUT2D eigenvalue weighted by Crippen LogP contribution is -2.58. The van der Waals surface area contributed by atoms with Crippen LogP contribution in [-0.2, 0) is 13.2 Å². The van der Waals surface area contributed by atoms with Crippen LogP contribution in [0.15, 0.2) is 54.6 Å². The van der Waals surface area contributed by atoms with Gasteiger partial charge in [-0.2, -0.15) is 0 Å². The van der Waals surface area contributed by atoms with Crippen molar-refractivity contribution < 1.29 is 9.84 Å². The number of piperazine rings is 1. The fourth-order valence-electron chi connectivity index (χ4n) is 4.98. The van der Waals surface area contributed by atoms with Crippen molar-refractivity contribution in [1.82, 2.24) is 14.7 Å². The molecule has 1 N–H and O–H groups in total. The van der Waals surface area contributed by atoms with Gasteiger partial charge in [0.2, 0.25) is 0 Å². The summed E-state index contributed by atoms with van der Waals surface area (Å²) in [6.07, 6.45) is 3.38. The number of piperidine rings is 1. The van der Waals surface area contributed by atoms with Gasteiger partial charge in [-0.25, -0.2) is 0 Å². The standard InChI is InChI=1S/C26H37N3O2/c1-27-14-11-24(12-15-27)29-17-16-28(20-25(29)13-18-30)19-22-7-9-26(10-8-22)31-21-23-5-3-2-4-6-23/h2-10,24-25,30H,11-21H2,1H3/t25-/m0/s1. The molecule has 2 fully saturated rings. The molecule has 5 nitrogen and oxygen atoms in total. The van der Waals surface area contributed by atoms with Gasteiger partial charge in [0.25, 0.3) is 0 Å². The second-order valence-electron chi connectivity index (χ2n) is 9.09. The number of hydrogen-bond donors (Lipinski definition) is 1. The number of ether oxygens (including phenoxy) is 1. The number of nitrogens with zero attached hydrogens (tertiary/aromatic N) is 3. The largest absolute Gasteiger partial charge is 0.489 e. The Morgan fingerprint density at radius 2 is 1.65 bits per heavy atom. The highest BCUT2D eigenvalue weighted by Crippen LogP contribution is 2.24. The molecule has 168 valence electrons. The SMILES string of the molecule is CN1CCC(N2CCN(Cc3ccc(OCc4ccccc4)cc3)C[C@@H]2CCO)CC1. The first-order valence-corrected chi connectivity index (χ1v) is 11.7. The molecule has 4 rings (SSSR count). The molecule has 0 spiro atoms. The van der Waals surface area contributed by atoms with Gasteiger partial charge in [-0.1, -0.05) is 42.5 Å². The average molecular weight is 424 g/mol. The first kappa shape index (κ1) is 22.3. The van der Waals surface area contributed by atoms with Gasteiger partial charge in [-0.15, -0.1) is 0 Å². The Morgan fingerprint density at radius 1 is 0.903 bits per heavy atom. The van der Waals surface area contributed by atoms with E-state index in [-0.39, 0.29) is 6.61 Å². The van der Waals surface area contributed by atoms with Gasteiger partial charge in [0.05, 0.1) is 0 Å². The van der Waals surface area contributed by atoms with E-state index in [1.807, 2.05) is 18.2 Å². The first-order chi connectivity index (χ1) is 15.2. The normalized spacial score (nSPS) is 21.9. The molecular weight excluding hydrogens is 386 g/mol. The van der Waals surface area contributed by atoms with Crippen molar-refractivity contribution in [2.75, 3.05) is 46.4 Å². The molecule has 0 unspecified atom stereocenters. The Hall–Kier alpha value is -1.92. The molecule has 0 radical (unpaired) electrons. The first-order valence-electron chi connectivity index (χ1n) is 11.7. The Balaban J connectivity index is 1.29. The van der Waals surface area contributed by atoms with E-state index in [0.29, 0.717) is 18.7 Å². The van der Waals surface area contributed by atoms with Crippen LogP contribution in [0.5, 0.6) is 5.75 Å². The number of hydrogen-bond acceptors (Lipinski definition) is 5. The van der Waals surface area contributed by atoms with Gasteiger partial charge in [-0.05, 0) is 62.7 Å². The maximum atomic E-state index is 9.65. The quantitative estimate of drug-likeness (QED) is 0.706. The van der Waals surface area contributed by atoms with Crippen LogP contribution in [0.2, 0.25) is 0 Å². The summed E-state index contributed by atoms with van der Waals surface area (Å²) in [5.74, 6) is 0.915. The van der Waals surface area contributed by atoms with Crippen molar-refractivity contribution in [1.29, 1.82) is 0 Å². The second-order valence-corrected chi connectivity index (χ2v) is 9.09. The van der Waals surface area contributed by atoms with Crippen LogP contribution in [0.4, 0.5) is 0 Å². The summed E-state index contributed by atoms with van der Waals surface area (Å²) in [6, 6.07) is 19.9. The molecule has 5 heteroatoms. The van der Waals surface area contributed by atoms with Gasteiger partial charge < -0.3 is 14.7 Å². The van der Waals surface area contributed by atoms with Crippen LogP contribution in [0, 0.1) is 0 Å². The molecule has 0 amide bonds. The van der Waals surface area contributed by atoms with E-state index >= 15 is 0 Å². The third-order valence-corrected chi connectivity index (χ3v) is 6.81. The van der Waals surface area contributed by atoms with Crippen molar-refractivity contribution in [3.8, 4) is 5.75 Å². The van der Waals surface area contributed by atoms with Crippen molar-refractivity contribution in [3.05, 3.63) is 65.7 Å². The lowest BCUT2D eigenvalue weighted by atomic mass is 9.98. The molecule has 2 aromatic rings. The monoisotopic (exact) mass is 423 g/mol. The van der Waals surface area contributed by atoms with E-state index in [9.17, 15) is 5.11 Å². The van der Waals surface area contributed by atoms with Crippen LogP contribution < -0.4 is 4.74 Å². The topological polar surface area (TPSA) is 39.2 Å². The molecule has 2 aliphatic rings. The molecule has 31 heavy (non-hydrogen) atoms. The van der Waals surface area contributed by atoms with Gasteiger partial charge in [0.1, 0.15) is 12.4 Å².